The zero-order valence-electron chi connectivity index (χ0n) is 11.9. The van der Waals surface area contributed by atoms with Crippen molar-refractivity contribution in [2.45, 2.75) is 13.0 Å². The number of hydrogen-bond acceptors (Lipinski definition) is 3. The lowest BCUT2D eigenvalue weighted by molar-refractivity contribution is 0.191. The Hall–Kier alpha value is -1.42. The maximum atomic E-state index is 10.3. The first kappa shape index (κ1) is 16.0. The van der Waals surface area contributed by atoms with Crippen LogP contribution >= 0.6 is 23.2 Å². The van der Waals surface area contributed by atoms with E-state index in [0.29, 0.717) is 22.2 Å². The Kier molecular flexibility index (Phi) is 5.34. The Morgan fingerprint density at radius 1 is 1.19 bits per heavy atom. The molecule has 0 fully saturated rings. The van der Waals surface area contributed by atoms with Crippen LogP contribution in [0.15, 0.2) is 36.4 Å². The van der Waals surface area contributed by atoms with Gasteiger partial charge in [-0.2, -0.15) is 0 Å². The first-order valence-electron chi connectivity index (χ1n) is 6.53. The van der Waals surface area contributed by atoms with Crippen LogP contribution in [0.1, 0.15) is 17.2 Å². The molecule has 1 atom stereocenters. The number of aliphatic hydroxyl groups is 1. The van der Waals surface area contributed by atoms with Crippen LogP contribution in [-0.2, 0) is 0 Å². The Balaban J connectivity index is 2.12. The van der Waals surface area contributed by atoms with Crippen molar-refractivity contribution < 1.29 is 9.84 Å². The lowest BCUT2D eigenvalue weighted by Gasteiger charge is -2.17. The van der Waals surface area contributed by atoms with E-state index < -0.39 is 6.10 Å². The molecule has 1 unspecified atom stereocenters. The van der Waals surface area contributed by atoms with Gasteiger partial charge in [0.05, 0.1) is 18.9 Å². The Labute approximate surface area is 134 Å². The summed E-state index contributed by atoms with van der Waals surface area (Å²) in [5.74, 6) is 0.727. The second-order valence-corrected chi connectivity index (χ2v) is 5.61. The van der Waals surface area contributed by atoms with Crippen LogP contribution in [0.25, 0.3) is 0 Å². The van der Waals surface area contributed by atoms with Crippen LogP contribution < -0.4 is 10.1 Å². The highest BCUT2D eigenvalue weighted by molar-refractivity contribution is 6.33. The molecule has 2 aromatic carbocycles. The van der Waals surface area contributed by atoms with Crippen LogP contribution in [0.4, 0.5) is 5.69 Å². The van der Waals surface area contributed by atoms with Crippen molar-refractivity contribution in [1.82, 2.24) is 0 Å². The van der Waals surface area contributed by atoms with E-state index in [1.807, 2.05) is 25.1 Å². The maximum Gasteiger partial charge on any atom is 0.141 e. The Morgan fingerprint density at radius 3 is 2.67 bits per heavy atom. The first-order chi connectivity index (χ1) is 10.0. The predicted octanol–water partition coefficient (Wildman–Crippen LogP) is 4.46. The fraction of sp³-hybridized carbons (Fsp3) is 0.250. The predicted molar refractivity (Wildman–Crippen MR) is 87.6 cm³/mol. The second-order valence-electron chi connectivity index (χ2n) is 4.77. The summed E-state index contributed by atoms with van der Waals surface area (Å²) in [4.78, 5) is 0. The van der Waals surface area contributed by atoms with Gasteiger partial charge in [0.15, 0.2) is 0 Å². The number of aliphatic hydroxyl groups excluding tert-OH is 1. The van der Waals surface area contributed by atoms with Crippen LogP contribution in [0, 0.1) is 6.92 Å². The second kappa shape index (κ2) is 7.03. The van der Waals surface area contributed by atoms with Gasteiger partial charge in [0.25, 0.3) is 0 Å². The lowest BCUT2D eigenvalue weighted by Crippen LogP contribution is -2.13. The van der Waals surface area contributed by atoms with Gasteiger partial charge in [-0.15, -0.1) is 0 Å². The molecule has 5 heteroatoms. The molecule has 3 nitrogen and oxygen atoms in total. The molecule has 0 aliphatic carbocycles. The number of halogens is 2. The minimum atomic E-state index is -0.763. The molecule has 0 heterocycles. The van der Waals surface area contributed by atoms with E-state index in [2.05, 4.69) is 5.32 Å². The maximum absolute atomic E-state index is 10.3. The summed E-state index contributed by atoms with van der Waals surface area (Å²) in [6.07, 6.45) is -0.763. The Bertz CT molecular complexity index is 632. The molecule has 0 spiro atoms. The Morgan fingerprint density at radius 2 is 1.95 bits per heavy atom. The summed E-state index contributed by atoms with van der Waals surface area (Å²) < 4.78 is 5.29. The monoisotopic (exact) mass is 325 g/mol. The number of hydrogen-bond donors (Lipinski definition) is 2. The third kappa shape index (κ3) is 4.03. The van der Waals surface area contributed by atoms with Crippen LogP contribution in [0.5, 0.6) is 5.75 Å². The largest absolute Gasteiger partial charge is 0.495 e. The van der Waals surface area contributed by atoms with Crippen LogP contribution in [0.3, 0.4) is 0 Å². The standard InChI is InChI=1S/C16H17Cl2NO2/c1-10-3-6-16(21-2)14(7-10)19-9-15(20)12-8-11(17)4-5-13(12)18/h3-8,15,19-20H,9H2,1-2H3. The van der Waals surface area contributed by atoms with Crippen molar-refractivity contribution in [3.05, 3.63) is 57.6 Å². The number of methoxy groups -OCH3 is 1. The van der Waals surface area contributed by atoms with Crippen molar-refractivity contribution in [2.24, 2.45) is 0 Å². The van der Waals surface area contributed by atoms with Gasteiger partial charge in [-0.3, -0.25) is 0 Å². The highest BCUT2D eigenvalue weighted by Crippen LogP contribution is 2.29. The fourth-order valence-corrected chi connectivity index (χ4v) is 2.47. The molecule has 0 aromatic heterocycles. The van der Waals surface area contributed by atoms with Gasteiger partial charge >= 0.3 is 0 Å². The molecule has 0 bridgehead atoms. The molecule has 21 heavy (non-hydrogen) atoms. The van der Waals surface area contributed by atoms with Crippen LogP contribution in [0.2, 0.25) is 10.0 Å². The van der Waals surface area contributed by atoms with Gasteiger partial charge < -0.3 is 15.2 Å². The highest BCUT2D eigenvalue weighted by atomic mass is 35.5. The van der Waals surface area contributed by atoms with Gasteiger partial charge in [-0.25, -0.2) is 0 Å². The van der Waals surface area contributed by atoms with Gasteiger partial charge in [-0.05, 0) is 42.8 Å². The molecule has 2 N–H and O–H groups in total. The summed E-state index contributed by atoms with van der Waals surface area (Å²) >= 11 is 12.0. The minimum absolute atomic E-state index is 0.305. The summed E-state index contributed by atoms with van der Waals surface area (Å²) in [5.41, 5.74) is 2.53. The summed E-state index contributed by atoms with van der Waals surface area (Å²) in [5, 5.41) is 14.5. The topological polar surface area (TPSA) is 41.5 Å². The van der Waals surface area contributed by atoms with E-state index in [-0.39, 0.29) is 0 Å². The average Bonchev–Trinajstić information content (AvgIpc) is 2.47. The number of ether oxygens (including phenoxy) is 1. The molecule has 2 aromatic rings. The van der Waals surface area contributed by atoms with E-state index >= 15 is 0 Å². The average molecular weight is 326 g/mol. The smallest absolute Gasteiger partial charge is 0.141 e. The molecule has 0 aliphatic rings. The van der Waals surface area contributed by atoms with Crippen molar-refractivity contribution in [3.63, 3.8) is 0 Å². The van der Waals surface area contributed by atoms with E-state index in [4.69, 9.17) is 27.9 Å². The van der Waals surface area contributed by atoms with E-state index in [0.717, 1.165) is 17.0 Å². The normalized spacial score (nSPS) is 12.0. The van der Waals surface area contributed by atoms with Crippen molar-refractivity contribution in [3.8, 4) is 5.75 Å². The SMILES string of the molecule is COc1ccc(C)cc1NCC(O)c1cc(Cl)ccc1Cl. The van der Waals surface area contributed by atoms with Crippen molar-refractivity contribution >= 4 is 28.9 Å². The number of nitrogens with one attached hydrogen (secondary N) is 1. The summed E-state index contributed by atoms with van der Waals surface area (Å²) in [7, 11) is 1.61. The molecule has 0 radical (unpaired) electrons. The number of rotatable bonds is 5. The first-order valence-corrected chi connectivity index (χ1v) is 7.28. The molecule has 112 valence electrons. The molecule has 0 aliphatic heterocycles. The van der Waals surface area contributed by atoms with E-state index in [1.54, 1.807) is 25.3 Å². The number of aryl methyl sites for hydroxylation is 1. The fourth-order valence-electron chi connectivity index (χ4n) is 2.05. The zero-order valence-corrected chi connectivity index (χ0v) is 13.4. The molecule has 0 saturated heterocycles. The van der Waals surface area contributed by atoms with Gasteiger partial charge in [-0.1, -0.05) is 29.3 Å². The summed E-state index contributed by atoms with van der Waals surface area (Å²) in [6, 6.07) is 10.9. The van der Waals surface area contributed by atoms with Crippen molar-refractivity contribution in [2.75, 3.05) is 19.0 Å². The van der Waals surface area contributed by atoms with Gasteiger partial charge in [0.2, 0.25) is 0 Å². The third-order valence-corrected chi connectivity index (χ3v) is 3.74. The third-order valence-electron chi connectivity index (χ3n) is 3.16. The molecule has 0 amide bonds. The van der Waals surface area contributed by atoms with Gasteiger partial charge in [0.1, 0.15) is 5.75 Å². The van der Waals surface area contributed by atoms with Crippen LogP contribution in [-0.4, -0.2) is 18.8 Å². The number of benzene rings is 2. The molecular formula is C16H17Cl2NO2. The molecule has 0 saturated carbocycles. The lowest BCUT2D eigenvalue weighted by atomic mass is 10.1. The summed E-state index contributed by atoms with van der Waals surface area (Å²) in [6.45, 7) is 2.30. The molecular weight excluding hydrogens is 309 g/mol. The quantitative estimate of drug-likeness (QED) is 0.852. The van der Waals surface area contributed by atoms with E-state index in [9.17, 15) is 5.11 Å². The number of anilines is 1. The minimum Gasteiger partial charge on any atom is -0.495 e. The zero-order chi connectivity index (χ0) is 15.4. The van der Waals surface area contributed by atoms with E-state index in [1.165, 1.54) is 0 Å². The highest BCUT2D eigenvalue weighted by Gasteiger charge is 2.13. The molecule has 2 rings (SSSR count). The van der Waals surface area contributed by atoms with Crippen molar-refractivity contribution in [1.29, 1.82) is 0 Å². The van der Waals surface area contributed by atoms with Gasteiger partial charge in [0, 0.05) is 22.2 Å².